The van der Waals surface area contributed by atoms with E-state index < -0.39 is 15.6 Å². The van der Waals surface area contributed by atoms with Gasteiger partial charge in [-0.15, -0.1) is 0 Å². The van der Waals surface area contributed by atoms with Crippen LogP contribution >= 0.6 is 0 Å². The molecule has 2 N–H and O–H groups in total. The molecule has 0 aliphatic rings. The van der Waals surface area contributed by atoms with E-state index in [2.05, 4.69) is 30.8 Å². The first-order valence-electron chi connectivity index (χ1n) is 7.20. The van der Waals surface area contributed by atoms with Crippen molar-refractivity contribution in [3.05, 3.63) is 0 Å². The zero-order chi connectivity index (χ0) is 15.2. The highest BCUT2D eigenvalue weighted by Gasteiger charge is 2.29. The molecule has 0 saturated heterocycles. The van der Waals surface area contributed by atoms with E-state index in [0.717, 1.165) is 25.9 Å². The largest absolute Gasteiger partial charge is 0.317 e. The van der Waals surface area contributed by atoms with E-state index in [-0.39, 0.29) is 11.2 Å². The Morgan fingerprint density at radius 1 is 1.00 bits per heavy atom. The Morgan fingerprint density at radius 2 is 1.58 bits per heavy atom. The molecule has 0 atom stereocenters. The molecule has 0 radical (unpaired) electrons. The molecular weight excluding hydrogens is 260 g/mol. The fourth-order valence-electron chi connectivity index (χ4n) is 2.55. The van der Waals surface area contributed by atoms with Crippen molar-refractivity contribution < 1.29 is 8.42 Å². The normalized spacial score (nSPS) is 13.8. The van der Waals surface area contributed by atoms with Crippen LogP contribution in [0.3, 0.4) is 0 Å². The first kappa shape index (κ1) is 18.9. The molecule has 0 heterocycles. The molecule has 19 heavy (non-hydrogen) atoms. The Morgan fingerprint density at radius 3 is 2.05 bits per heavy atom. The van der Waals surface area contributed by atoms with Crippen molar-refractivity contribution in [2.45, 2.75) is 66.3 Å². The Bertz CT molecular complexity index is 343. The number of sulfonamides is 1. The summed E-state index contributed by atoms with van der Waals surface area (Å²) in [7, 11) is -3.18. The molecule has 0 aromatic heterocycles. The third-order valence-electron chi connectivity index (χ3n) is 2.67. The number of unbranched alkanes of at least 4 members (excludes halogenated alkanes) is 1. The van der Waals surface area contributed by atoms with Crippen molar-refractivity contribution in [1.82, 2.24) is 10.0 Å². The summed E-state index contributed by atoms with van der Waals surface area (Å²) < 4.78 is 26.9. The van der Waals surface area contributed by atoms with Crippen LogP contribution < -0.4 is 10.0 Å². The standard InChI is InChI=1S/C14H32N2O2S/c1-7-15-10-8-9-11-19(17,18)16-14(5,6)12-13(2,3)4/h15-16H,7-12H2,1-6H3. The molecule has 0 unspecified atom stereocenters. The average Bonchev–Trinajstić information content (AvgIpc) is 2.10. The van der Waals surface area contributed by atoms with E-state index in [1.807, 2.05) is 20.8 Å². The molecule has 0 aromatic carbocycles. The molecule has 0 aliphatic heterocycles. The summed E-state index contributed by atoms with van der Waals surface area (Å²) in [5.41, 5.74) is -0.282. The maximum absolute atomic E-state index is 12.0. The highest BCUT2D eigenvalue weighted by Crippen LogP contribution is 2.27. The smallest absolute Gasteiger partial charge is 0.212 e. The van der Waals surface area contributed by atoms with Crippen molar-refractivity contribution in [3.8, 4) is 0 Å². The second-order valence-electron chi connectivity index (χ2n) is 7.10. The maximum atomic E-state index is 12.0. The summed E-state index contributed by atoms with van der Waals surface area (Å²) in [4.78, 5) is 0. The SMILES string of the molecule is CCNCCCCS(=O)(=O)NC(C)(C)CC(C)(C)C. The van der Waals surface area contributed by atoms with Crippen LogP contribution in [0.1, 0.15) is 60.8 Å². The number of hydrogen-bond donors (Lipinski definition) is 2. The number of hydrogen-bond acceptors (Lipinski definition) is 3. The van der Waals surface area contributed by atoms with Crippen molar-refractivity contribution in [2.24, 2.45) is 5.41 Å². The highest BCUT2D eigenvalue weighted by atomic mass is 32.2. The second-order valence-corrected chi connectivity index (χ2v) is 8.94. The number of nitrogens with one attached hydrogen (secondary N) is 2. The molecule has 0 saturated carbocycles. The molecule has 0 fully saturated rings. The minimum Gasteiger partial charge on any atom is -0.317 e. The van der Waals surface area contributed by atoms with E-state index in [9.17, 15) is 8.42 Å². The van der Waals surface area contributed by atoms with Crippen LogP contribution in [-0.2, 0) is 10.0 Å². The average molecular weight is 292 g/mol. The molecule has 0 aliphatic carbocycles. The lowest BCUT2D eigenvalue weighted by Gasteiger charge is -2.33. The second kappa shape index (κ2) is 7.60. The summed E-state index contributed by atoms with van der Waals surface area (Å²) in [5.74, 6) is 0.214. The van der Waals surface area contributed by atoms with Gasteiger partial charge in [-0.25, -0.2) is 13.1 Å². The van der Waals surface area contributed by atoms with Crippen LogP contribution in [0, 0.1) is 5.41 Å². The molecule has 0 amide bonds. The monoisotopic (exact) mass is 292 g/mol. The lowest BCUT2D eigenvalue weighted by molar-refractivity contribution is 0.269. The quantitative estimate of drug-likeness (QED) is 0.642. The summed E-state index contributed by atoms with van der Waals surface area (Å²) in [6, 6.07) is 0. The van der Waals surface area contributed by atoms with Crippen molar-refractivity contribution >= 4 is 10.0 Å². The van der Waals surface area contributed by atoms with Gasteiger partial charge in [-0.05, 0) is 51.6 Å². The van der Waals surface area contributed by atoms with Crippen LogP contribution in [-0.4, -0.2) is 32.8 Å². The van der Waals surface area contributed by atoms with Gasteiger partial charge in [-0.3, -0.25) is 0 Å². The van der Waals surface area contributed by atoms with Crippen LogP contribution in [0.15, 0.2) is 0 Å². The van der Waals surface area contributed by atoms with Gasteiger partial charge in [0.05, 0.1) is 5.75 Å². The van der Waals surface area contributed by atoms with Crippen molar-refractivity contribution in [1.29, 1.82) is 0 Å². The molecule has 0 rings (SSSR count). The summed E-state index contributed by atoms with van der Waals surface area (Å²) >= 11 is 0. The first-order chi connectivity index (χ1) is 8.47. The Labute approximate surface area is 119 Å². The zero-order valence-corrected chi connectivity index (χ0v) is 14.3. The van der Waals surface area contributed by atoms with Gasteiger partial charge in [0.15, 0.2) is 0 Å². The molecule has 0 bridgehead atoms. The Hall–Kier alpha value is -0.130. The third-order valence-corrected chi connectivity index (χ3v) is 4.36. The Balaban J connectivity index is 4.21. The van der Waals surface area contributed by atoms with Gasteiger partial charge in [0.1, 0.15) is 0 Å². The lowest BCUT2D eigenvalue weighted by Crippen LogP contribution is -2.46. The Kier molecular flexibility index (Phi) is 7.55. The maximum Gasteiger partial charge on any atom is 0.212 e. The highest BCUT2D eigenvalue weighted by molar-refractivity contribution is 7.89. The van der Waals surface area contributed by atoms with E-state index in [1.165, 1.54) is 0 Å². The van der Waals surface area contributed by atoms with E-state index in [1.54, 1.807) is 0 Å². The van der Waals surface area contributed by atoms with Crippen LogP contribution in [0.5, 0.6) is 0 Å². The van der Waals surface area contributed by atoms with E-state index in [4.69, 9.17) is 0 Å². The third kappa shape index (κ3) is 11.4. The molecular formula is C14H32N2O2S. The minimum atomic E-state index is -3.18. The zero-order valence-electron chi connectivity index (χ0n) is 13.5. The van der Waals surface area contributed by atoms with Gasteiger partial charge < -0.3 is 5.32 Å². The number of rotatable bonds is 9. The molecule has 116 valence electrons. The fraction of sp³-hybridized carbons (Fsp3) is 1.00. The van der Waals surface area contributed by atoms with E-state index in [0.29, 0.717) is 6.42 Å². The summed E-state index contributed by atoms with van der Waals surface area (Å²) in [5, 5.41) is 3.20. The predicted octanol–water partition coefficient (Wildman–Crippen LogP) is 2.51. The molecule has 5 heteroatoms. The molecule has 4 nitrogen and oxygen atoms in total. The lowest BCUT2D eigenvalue weighted by atomic mass is 9.82. The predicted molar refractivity (Wildman–Crippen MR) is 82.9 cm³/mol. The van der Waals surface area contributed by atoms with Gasteiger partial charge in [0.25, 0.3) is 0 Å². The minimum absolute atomic E-state index is 0.108. The summed E-state index contributed by atoms with van der Waals surface area (Å²) in [6.45, 7) is 14.1. The van der Waals surface area contributed by atoms with Crippen molar-refractivity contribution in [2.75, 3.05) is 18.8 Å². The molecule has 0 spiro atoms. The topological polar surface area (TPSA) is 58.2 Å². The van der Waals surface area contributed by atoms with Gasteiger partial charge in [-0.1, -0.05) is 27.7 Å². The van der Waals surface area contributed by atoms with Crippen molar-refractivity contribution in [3.63, 3.8) is 0 Å². The summed E-state index contributed by atoms with van der Waals surface area (Å²) in [6.07, 6.45) is 2.42. The fourth-order valence-corrected chi connectivity index (χ4v) is 4.15. The molecule has 0 aromatic rings. The van der Waals surface area contributed by atoms with Gasteiger partial charge in [0.2, 0.25) is 10.0 Å². The first-order valence-corrected chi connectivity index (χ1v) is 8.85. The van der Waals surface area contributed by atoms with E-state index >= 15 is 0 Å². The van der Waals surface area contributed by atoms with Crippen LogP contribution in [0.25, 0.3) is 0 Å². The van der Waals surface area contributed by atoms with Gasteiger partial charge in [-0.2, -0.15) is 0 Å². The van der Waals surface area contributed by atoms with Gasteiger partial charge in [0, 0.05) is 5.54 Å². The van der Waals surface area contributed by atoms with Gasteiger partial charge >= 0.3 is 0 Å². The van der Waals surface area contributed by atoms with Crippen LogP contribution in [0.2, 0.25) is 0 Å². The van der Waals surface area contributed by atoms with Crippen LogP contribution in [0.4, 0.5) is 0 Å².